The molecule has 2 aliphatic rings. The van der Waals surface area contributed by atoms with Gasteiger partial charge in [-0.15, -0.1) is 11.3 Å². The first-order chi connectivity index (χ1) is 27.8. The van der Waals surface area contributed by atoms with Crippen molar-refractivity contribution in [2.75, 3.05) is 4.90 Å². The van der Waals surface area contributed by atoms with Crippen LogP contribution in [0, 0.1) is 0 Å². The largest absolute Gasteiger partial charge is 0.308 e. The molecule has 0 saturated heterocycles. The first-order valence-corrected chi connectivity index (χ1v) is 19.8. The van der Waals surface area contributed by atoms with Crippen LogP contribution in [0.15, 0.2) is 181 Å². The Bertz CT molecular complexity index is 3150. The molecule has 0 N–H and O–H groups in total. The number of hydrogen-bond acceptors (Lipinski definition) is 5. The number of aromatic nitrogens is 5. The van der Waals surface area contributed by atoms with Crippen LogP contribution >= 0.6 is 11.3 Å². The lowest BCUT2D eigenvalue weighted by Crippen LogP contribution is -2.30. The molecule has 56 heavy (non-hydrogen) atoms. The molecule has 0 spiro atoms. The average molecular weight is 737 g/mol. The number of thiophene rings is 1. The van der Waals surface area contributed by atoms with Gasteiger partial charge in [0, 0.05) is 50.3 Å². The molecule has 0 bridgehead atoms. The monoisotopic (exact) mass is 736 g/mol. The zero-order valence-corrected chi connectivity index (χ0v) is 30.9. The van der Waals surface area contributed by atoms with Crippen LogP contribution in [0.25, 0.3) is 77.1 Å². The summed E-state index contributed by atoms with van der Waals surface area (Å²) in [4.78, 5) is 17.7. The third-order valence-corrected chi connectivity index (χ3v) is 12.3. The fourth-order valence-corrected chi connectivity index (χ4v) is 9.91. The molecule has 2 atom stereocenters. The van der Waals surface area contributed by atoms with Crippen LogP contribution < -0.4 is 4.90 Å². The van der Waals surface area contributed by atoms with Crippen LogP contribution in [0.3, 0.4) is 0 Å². The van der Waals surface area contributed by atoms with E-state index < -0.39 is 0 Å². The van der Waals surface area contributed by atoms with Crippen molar-refractivity contribution in [1.29, 1.82) is 0 Å². The summed E-state index contributed by atoms with van der Waals surface area (Å²) < 4.78 is 6.20. The number of hydrogen-bond donors (Lipinski definition) is 0. The molecule has 4 aromatic heterocycles. The first kappa shape index (κ1) is 31.3. The Morgan fingerprint density at radius 3 is 1.98 bits per heavy atom. The molecule has 6 aromatic carbocycles. The van der Waals surface area contributed by atoms with E-state index in [9.17, 15) is 0 Å². The Morgan fingerprint density at radius 1 is 0.518 bits per heavy atom. The second kappa shape index (κ2) is 12.2. The summed E-state index contributed by atoms with van der Waals surface area (Å²) in [5.41, 5.74) is 11.4. The molecule has 6 nitrogen and oxygen atoms in total. The summed E-state index contributed by atoms with van der Waals surface area (Å²) in [6.45, 7) is 0. The van der Waals surface area contributed by atoms with Gasteiger partial charge in [-0.3, -0.25) is 0 Å². The average Bonchev–Trinajstić information content (AvgIpc) is 4.03. The van der Waals surface area contributed by atoms with Crippen molar-refractivity contribution in [3.63, 3.8) is 0 Å². The number of anilines is 2. The number of rotatable bonds is 5. The van der Waals surface area contributed by atoms with Gasteiger partial charge in [-0.2, -0.15) is 9.97 Å². The molecule has 1 aliphatic heterocycles. The Balaban J connectivity index is 1.09. The number of nitrogens with zero attached hydrogens (tertiary/aromatic N) is 6. The van der Waals surface area contributed by atoms with Gasteiger partial charge in [-0.05, 0) is 59.5 Å². The van der Waals surface area contributed by atoms with Crippen LogP contribution in [-0.2, 0) is 0 Å². The lowest BCUT2D eigenvalue weighted by Gasteiger charge is -2.27. The predicted molar refractivity (Wildman–Crippen MR) is 231 cm³/mol. The van der Waals surface area contributed by atoms with Gasteiger partial charge in [0.25, 0.3) is 0 Å². The summed E-state index contributed by atoms with van der Waals surface area (Å²) in [6.07, 6.45) is 8.92. The van der Waals surface area contributed by atoms with Gasteiger partial charge < -0.3 is 14.0 Å². The van der Waals surface area contributed by atoms with Crippen LogP contribution in [0.4, 0.5) is 11.6 Å². The maximum absolute atomic E-state index is 5.18. The predicted octanol–water partition coefficient (Wildman–Crippen LogP) is 12.2. The third kappa shape index (κ3) is 4.58. The Hall–Kier alpha value is -7.09. The first-order valence-electron chi connectivity index (χ1n) is 18.9. The minimum atomic E-state index is 0.00963. The summed E-state index contributed by atoms with van der Waals surface area (Å²) in [5.74, 6) is 2.06. The molecule has 2 unspecified atom stereocenters. The van der Waals surface area contributed by atoms with Crippen LogP contribution in [0.5, 0.6) is 0 Å². The topological polar surface area (TPSA) is 51.8 Å². The quantitative estimate of drug-likeness (QED) is 0.177. The van der Waals surface area contributed by atoms with E-state index in [1.54, 1.807) is 0 Å². The minimum absolute atomic E-state index is 0.00963. The van der Waals surface area contributed by atoms with Crippen LogP contribution in [0.1, 0.15) is 11.5 Å². The molecule has 0 fully saturated rings. The molecule has 10 aromatic rings. The van der Waals surface area contributed by atoms with Crippen molar-refractivity contribution in [2.24, 2.45) is 0 Å². The second-order valence-corrected chi connectivity index (χ2v) is 15.3. The number of allylic oxidation sites excluding steroid dienone is 2. The van der Waals surface area contributed by atoms with Gasteiger partial charge in [-0.25, -0.2) is 4.98 Å². The maximum atomic E-state index is 5.18. The highest BCUT2D eigenvalue weighted by atomic mass is 32.1. The minimum Gasteiger partial charge on any atom is -0.308 e. The SMILES string of the molecule is C1=CC2c3cc(-n4c5ccccc5c5ccc6c(c7sccc7n6-c6ccccc6)c54)ccc3N(c3nc(-c4ccccc4)nc(-c4ccccc4)n3)C2C=C1. The van der Waals surface area contributed by atoms with E-state index in [4.69, 9.17) is 15.0 Å². The van der Waals surface area contributed by atoms with Gasteiger partial charge >= 0.3 is 0 Å². The van der Waals surface area contributed by atoms with Crippen molar-refractivity contribution in [1.82, 2.24) is 24.1 Å². The van der Waals surface area contributed by atoms with Crippen molar-refractivity contribution in [3.8, 4) is 34.2 Å². The molecule has 0 amide bonds. The summed E-state index contributed by atoms with van der Waals surface area (Å²) >= 11 is 1.82. The van der Waals surface area contributed by atoms with E-state index in [1.165, 1.54) is 48.5 Å². The van der Waals surface area contributed by atoms with E-state index >= 15 is 0 Å². The lowest BCUT2D eigenvalue weighted by atomic mass is 9.91. The molecule has 264 valence electrons. The standard InChI is InChI=1S/C49H32N6S/c1-4-14-31(15-5-1)47-50-48(32-16-6-2-7-17-32)52-49(51-47)55-40-23-13-11-21-36(40)38-30-34(24-26-41(38)55)54-39-22-12-10-20-35(39)37-25-27-42-44(45(37)54)46-43(28-29-56-46)53(42)33-18-8-3-9-19-33/h1-30,36,40H. The van der Waals surface area contributed by atoms with Gasteiger partial charge in [0.2, 0.25) is 5.95 Å². The van der Waals surface area contributed by atoms with Gasteiger partial charge in [0.15, 0.2) is 11.6 Å². The van der Waals surface area contributed by atoms with E-state index in [0.29, 0.717) is 17.6 Å². The number of para-hydroxylation sites is 2. The second-order valence-electron chi connectivity index (χ2n) is 14.4. The molecule has 12 rings (SSSR count). The third-order valence-electron chi connectivity index (χ3n) is 11.4. The smallest absolute Gasteiger partial charge is 0.234 e. The van der Waals surface area contributed by atoms with Gasteiger partial charge in [-0.1, -0.05) is 127 Å². The zero-order chi connectivity index (χ0) is 36.7. The van der Waals surface area contributed by atoms with Gasteiger partial charge in [0.1, 0.15) is 0 Å². The highest BCUT2D eigenvalue weighted by Crippen LogP contribution is 2.49. The molecule has 7 heteroatoms. The van der Waals surface area contributed by atoms with Crippen LogP contribution in [-0.4, -0.2) is 30.1 Å². The maximum Gasteiger partial charge on any atom is 0.234 e. The lowest BCUT2D eigenvalue weighted by molar-refractivity contribution is 0.728. The summed E-state index contributed by atoms with van der Waals surface area (Å²) in [6, 6.07) is 53.8. The Morgan fingerprint density at radius 2 is 1.21 bits per heavy atom. The highest BCUT2D eigenvalue weighted by Gasteiger charge is 2.39. The van der Waals surface area contributed by atoms with Crippen molar-refractivity contribution in [3.05, 3.63) is 187 Å². The fourth-order valence-electron chi connectivity index (χ4n) is 8.98. The molecular weight excluding hydrogens is 705 g/mol. The molecule has 5 heterocycles. The Labute approximate surface area is 326 Å². The van der Waals surface area contributed by atoms with Crippen LogP contribution in [0.2, 0.25) is 0 Å². The van der Waals surface area contributed by atoms with Gasteiger partial charge in [0.05, 0.1) is 32.8 Å². The van der Waals surface area contributed by atoms with E-state index in [0.717, 1.165) is 28.2 Å². The normalized spacial score (nSPS) is 16.0. The fraction of sp³-hybridized carbons (Fsp3) is 0.0408. The summed E-state index contributed by atoms with van der Waals surface area (Å²) in [7, 11) is 0. The highest BCUT2D eigenvalue weighted by molar-refractivity contribution is 7.18. The van der Waals surface area contributed by atoms with Crippen molar-refractivity contribution in [2.45, 2.75) is 12.0 Å². The molecule has 0 saturated carbocycles. The Kier molecular flexibility index (Phi) is 6.82. The summed E-state index contributed by atoms with van der Waals surface area (Å²) in [5, 5.41) is 5.99. The van der Waals surface area contributed by atoms with E-state index in [2.05, 4.69) is 159 Å². The molecule has 0 radical (unpaired) electrons. The molecular formula is C49H32N6S. The zero-order valence-electron chi connectivity index (χ0n) is 30.1. The number of benzene rings is 6. The van der Waals surface area contributed by atoms with E-state index in [1.807, 2.05) is 47.7 Å². The van der Waals surface area contributed by atoms with Crippen molar-refractivity contribution >= 4 is 65.9 Å². The van der Waals surface area contributed by atoms with E-state index in [-0.39, 0.29) is 12.0 Å². The molecule has 1 aliphatic carbocycles. The van der Waals surface area contributed by atoms with Crippen molar-refractivity contribution < 1.29 is 0 Å². The number of fused-ring (bicyclic) bond motifs is 10.